The van der Waals surface area contributed by atoms with Crippen molar-refractivity contribution in [3.63, 3.8) is 0 Å². The van der Waals surface area contributed by atoms with Crippen LogP contribution in [-0.4, -0.2) is 48.3 Å². The van der Waals surface area contributed by atoms with E-state index in [0.29, 0.717) is 6.42 Å². The van der Waals surface area contributed by atoms with E-state index in [4.69, 9.17) is 5.73 Å². The molecule has 2 unspecified atom stereocenters. The Labute approximate surface area is 149 Å². The molecule has 0 radical (unpaired) electrons. The summed E-state index contributed by atoms with van der Waals surface area (Å²) < 4.78 is 0. The van der Waals surface area contributed by atoms with Gasteiger partial charge in [-0.05, 0) is 42.7 Å². The minimum absolute atomic E-state index is 0.203. The molecule has 0 bridgehead atoms. The van der Waals surface area contributed by atoms with Crippen LogP contribution in [0.25, 0.3) is 0 Å². The Bertz CT molecular complexity index is 735. The minimum atomic E-state index is -0.330. The van der Waals surface area contributed by atoms with Crippen molar-refractivity contribution in [2.24, 2.45) is 0 Å². The van der Waals surface area contributed by atoms with Crippen molar-refractivity contribution >= 4 is 11.4 Å². The van der Waals surface area contributed by atoms with E-state index in [1.54, 1.807) is 0 Å². The maximum atomic E-state index is 10.7. The Hall–Kier alpha value is -2.04. The monoisotopic (exact) mass is 337 g/mol. The van der Waals surface area contributed by atoms with Crippen molar-refractivity contribution in [2.45, 2.75) is 31.9 Å². The number of nitrogens with zero attached hydrogens (tertiary/aromatic N) is 2. The number of benzene rings is 2. The summed E-state index contributed by atoms with van der Waals surface area (Å²) in [5.74, 6) is 0. The van der Waals surface area contributed by atoms with E-state index in [-0.39, 0.29) is 12.1 Å². The lowest BCUT2D eigenvalue weighted by Gasteiger charge is -2.43. The van der Waals surface area contributed by atoms with Gasteiger partial charge >= 0.3 is 0 Å². The average Bonchev–Trinajstić information content (AvgIpc) is 2.63. The second-order valence-electron chi connectivity index (χ2n) is 7.39. The average molecular weight is 337 g/mol. The van der Waals surface area contributed by atoms with Gasteiger partial charge in [-0.3, -0.25) is 4.90 Å². The smallest absolute Gasteiger partial charge is 0.0739 e. The van der Waals surface area contributed by atoms with E-state index in [1.807, 2.05) is 12.1 Å². The lowest BCUT2D eigenvalue weighted by molar-refractivity contribution is 0.0397. The zero-order valence-electron chi connectivity index (χ0n) is 14.9. The van der Waals surface area contributed by atoms with E-state index in [2.05, 4.69) is 47.1 Å². The fraction of sp³-hybridized carbons (Fsp3) is 0.429. The summed E-state index contributed by atoms with van der Waals surface area (Å²) in [5, 5.41) is 10.7. The number of piperazine rings is 1. The number of aryl methyl sites for hydroxylation is 1. The molecule has 0 saturated carbocycles. The van der Waals surface area contributed by atoms with Crippen LogP contribution in [0.3, 0.4) is 0 Å². The summed E-state index contributed by atoms with van der Waals surface area (Å²) in [5.41, 5.74) is 11.9. The van der Waals surface area contributed by atoms with Crippen molar-refractivity contribution in [3.8, 4) is 0 Å². The van der Waals surface area contributed by atoms with Crippen LogP contribution in [0.2, 0.25) is 0 Å². The molecule has 4 rings (SSSR count). The Kier molecular flexibility index (Phi) is 4.40. The highest BCUT2D eigenvalue weighted by Gasteiger charge is 2.33. The lowest BCUT2D eigenvalue weighted by Crippen LogP contribution is -2.56. The maximum absolute atomic E-state index is 10.7. The van der Waals surface area contributed by atoms with Crippen LogP contribution < -0.4 is 10.6 Å². The molecule has 1 fully saturated rings. The minimum Gasteiger partial charge on any atom is -0.398 e. The molecule has 2 aromatic carbocycles. The quantitative estimate of drug-likeness (QED) is 0.825. The van der Waals surface area contributed by atoms with E-state index < -0.39 is 0 Å². The number of nitrogens with two attached hydrogens (primary N) is 1. The molecule has 1 heterocycles. The van der Waals surface area contributed by atoms with Gasteiger partial charge < -0.3 is 15.7 Å². The molecule has 3 N–H and O–H groups in total. The molecule has 4 heteroatoms. The fourth-order valence-corrected chi connectivity index (χ4v) is 4.24. The first-order chi connectivity index (χ1) is 12.1. The Morgan fingerprint density at radius 1 is 0.960 bits per heavy atom. The predicted molar refractivity (Wildman–Crippen MR) is 103 cm³/mol. The Morgan fingerprint density at radius 2 is 1.68 bits per heavy atom. The summed E-state index contributed by atoms with van der Waals surface area (Å²) in [4.78, 5) is 4.90. The number of hydrogen-bond donors (Lipinski definition) is 2. The molecular weight excluding hydrogens is 310 g/mol. The largest absolute Gasteiger partial charge is 0.398 e. The van der Waals surface area contributed by atoms with Gasteiger partial charge in [-0.15, -0.1) is 0 Å². The SMILES string of the molecule is Cc1ccc(N2CCN(C3Cc4cccc(N)c4CC3O)CC2)cc1. The van der Waals surface area contributed by atoms with Crippen molar-refractivity contribution in [3.05, 3.63) is 59.2 Å². The summed E-state index contributed by atoms with van der Waals surface area (Å²) in [6.07, 6.45) is 1.24. The van der Waals surface area contributed by atoms with Gasteiger partial charge in [-0.25, -0.2) is 0 Å². The third-order valence-corrected chi connectivity index (χ3v) is 5.78. The second kappa shape index (κ2) is 6.70. The molecular formula is C21H27N3O. The molecule has 4 nitrogen and oxygen atoms in total. The molecule has 0 aromatic heterocycles. The van der Waals surface area contributed by atoms with Crippen LogP contribution in [0.5, 0.6) is 0 Å². The normalized spacial score (nSPS) is 24.2. The third-order valence-electron chi connectivity index (χ3n) is 5.78. The number of rotatable bonds is 2. The number of hydrogen-bond acceptors (Lipinski definition) is 4. The van der Waals surface area contributed by atoms with Crippen molar-refractivity contribution in [1.29, 1.82) is 0 Å². The zero-order valence-corrected chi connectivity index (χ0v) is 14.9. The van der Waals surface area contributed by atoms with Crippen LogP contribution in [0, 0.1) is 6.92 Å². The van der Waals surface area contributed by atoms with Crippen molar-refractivity contribution in [1.82, 2.24) is 4.90 Å². The predicted octanol–water partition coefficient (Wildman–Crippen LogP) is 2.23. The summed E-state index contributed by atoms with van der Waals surface area (Å²) in [6.45, 7) is 6.13. The zero-order chi connectivity index (χ0) is 17.4. The van der Waals surface area contributed by atoms with E-state index in [0.717, 1.165) is 43.9 Å². The third kappa shape index (κ3) is 3.24. The maximum Gasteiger partial charge on any atom is 0.0739 e. The van der Waals surface area contributed by atoms with Gasteiger partial charge in [0.05, 0.1) is 6.10 Å². The molecule has 2 aromatic rings. The highest BCUT2D eigenvalue weighted by atomic mass is 16.3. The first kappa shape index (κ1) is 16.4. The standard InChI is InChI=1S/C21H27N3O/c1-15-5-7-17(8-6-15)23-9-11-24(12-10-23)20-13-16-3-2-4-19(22)18(16)14-21(20)25/h2-8,20-21,25H,9-14,22H2,1H3. The molecule has 25 heavy (non-hydrogen) atoms. The molecule has 2 aliphatic rings. The first-order valence-electron chi connectivity index (χ1n) is 9.22. The van der Waals surface area contributed by atoms with Gasteiger partial charge in [0.25, 0.3) is 0 Å². The number of anilines is 2. The number of aliphatic hydroxyl groups is 1. The number of aliphatic hydroxyl groups excluding tert-OH is 1. The fourth-order valence-electron chi connectivity index (χ4n) is 4.24. The molecule has 132 valence electrons. The van der Waals surface area contributed by atoms with E-state index in [1.165, 1.54) is 16.8 Å². The van der Waals surface area contributed by atoms with Crippen LogP contribution in [-0.2, 0) is 12.8 Å². The molecule has 1 aliphatic carbocycles. The van der Waals surface area contributed by atoms with Gasteiger partial charge in [-0.1, -0.05) is 29.8 Å². The highest BCUT2D eigenvalue weighted by Crippen LogP contribution is 2.29. The molecule has 1 aliphatic heterocycles. The number of nitrogen functional groups attached to an aromatic ring is 1. The molecule has 2 atom stereocenters. The van der Waals surface area contributed by atoms with Crippen molar-refractivity contribution in [2.75, 3.05) is 36.8 Å². The Balaban J connectivity index is 1.43. The lowest BCUT2D eigenvalue weighted by atomic mass is 9.84. The number of fused-ring (bicyclic) bond motifs is 1. The summed E-state index contributed by atoms with van der Waals surface area (Å²) in [6, 6.07) is 15.1. The first-order valence-corrected chi connectivity index (χ1v) is 9.22. The summed E-state index contributed by atoms with van der Waals surface area (Å²) >= 11 is 0. The van der Waals surface area contributed by atoms with Gasteiger partial charge in [0.15, 0.2) is 0 Å². The van der Waals surface area contributed by atoms with Crippen LogP contribution in [0.15, 0.2) is 42.5 Å². The van der Waals surface area contributed by atoms with Crippen LogP contribution >= 0.6 is 0 Å². The van der Waals surface area contributed by atoms with Gasteiger partial charge in [-0.2, -0.15) is 0 Å². The second-order valence-corrected chi connectivity index (χ2v) is 7.39. The van der Waals surface area contributed by atoms with E-state index >= 15 is 0 Å². The molecule has 0 spiro atoms. The molecule has 0 amide bonds. The molecule has 1 saturated heterocycles. The topological polar surface area (TPSA) is 52.7 Å². The van der Waals surface area contributed by atoms with E-state index in [9.17, 15) is 5.11 Å². The summed E-state index contributed by atoms with van der Waals surface area (Å²) in [7, 11) is 0. The van der Waals surface area contributed by atoms with Gasteiger partial charge in [0, 0.05) is 50.0 Å². The van der Waals surface area contributed by atoms with Crippen LogP contribution in [0.1, 0.15) is 16.7 Å². The highest BCUT2D eigenvalue weighted by molar-refractivity contribution is 5.53. The van der Waals surface area contributed by atoms with Crippen molar-refractivity contribution < 1.29 is 5.11 Å². The Morgan fingerprint density at radius 3 is 2.40 bits per heavy atom. The van der Waals surface area contributed by atoms with Gasteiger partial charge in [0.2, 0.25) is 0 Å². The van der Waals surface area contributed by atoms with Gasteiger partial charge in [0.1, 0.15) is 0 Å². The van der Waals surface area contributed by atoms with Crippen LogP contribution in [0.4, 0.5) is 11.4 Å².